The summed E-state index contributed by atoms with van der Waals surface area (Å²) in [5.41, 5.74) is -1.44. The molecular formula is C29H38N2O7. The molecular weight excluding hydrogens is 488 g/mol. The minimum atomic E-state index is -1.22. The molecule has 0 radical (unpaired) electrons. The zero-order valence-electron chi connectivity index (χ0n) is 21.9. The molecule has 2 heterocycles. The van der Waals surface area contributed by atoms with E-state index in [1.54, 1.807) is 12.2 Å². The second kappa shape index (κ2) is 10.1. The molecule has 2 aliphatic heterocycles. The van der Waals surface area contributed by atoms with E-state index in [1.165, 1.54) is 12.2 Å². The average Bonchev–Trinajstić information content (AvgIpc) is 3.43. The van der Waals surface area contributed by atoms with Gasteiger partial charge in [0, 0.05) is 13.0 Å². The Kier molecular flexibility index (Phi) is 7.11. The Balaban J connectivity index is 1.50. The zero-order chi connectivity index (χ0) is 27.4. The van der Waals surface area contributed by atoms with Gasteiger partial charge in [-0.05, 0) is 73.3 Å². The Morgan fingerprint density at radius 2 is 1.87 bits per heavy atom. The van der Waals surface area contributed by atoms with Gasteiger partial charge in [-0.3, -0.25) is 19.2 Å². The molecule has 0 aromatic heterocycles. The number of carbonyl (C=O) groups excluding carboxylic acids is 4. The molecule has 0 aromatic carbocycles. The van der Waals surface area contributed by atoms with Gasteiger partial charge in [-0.25, -0.2) is 0 Å². The summed E-state index contributed by atoms with van der Waals surface area (Å²) in [5, 5.41) is 38.2. The first-order chi connectivity index (χ1) is 18.1. The van der Waals surface area contributed by atoms with E-state index >= 15 is 0 Å². The van der Waals surface area contributed by atoms with E-state index < -0.39 is 46.7 Å². The summed E-state index contributed by atoms with van der Waals surface area (Å²) >= 11 is 0. The van der Waals surface area contributed by atoms with Crippen LogP contribution in [0.25, 0.3) is 0 Å². The maximum atomic E-state index is 13.6. The van der Waals surface area contributed by atoms with Crippen LogP contribution in [0.2, 0.25) is 0 Å². The Bertz CT molecular complexity index is 1130. The van der Waals surface area contributed by atoms with Crippen molar-refractivity contribution in [2.45, 2.75) is 70.1 Å². The molecule has 2 bridgehead atoms. The van der Waals surface area contributed by atoms with Crippen LogP contribution in [-0.4, -0.2) is 63.0 Å². The van der Waals surface area contributed by atoms with Crippen molar-refractivity contribution >= 4 is 23.4 Å². The number of carbonyl (C=O) groups is 4. The third-order valence-electron chi connectivity index (χ3n) is 10.2. The smallest absolute Gasteiger partial charge is 0.259 e. The first kappa shape index (κ1) is 26.8. The quantitative estimate of drug-likeness (QED) is 0.325. The molecule has 3 aliphatic carbocycles. The van der Waals surface area contributed by atoms with Crippen LogP contribution in [0.15, 0.2) is 35.6 Å². The summed E-state index contributed by atoms with van der Waals surface area (Å²) in [6.45, 7) is 4.30. The first-order valence-electron chi connectivity index (χ1n) is 13.9. The van der Waals surface area contributed by atoms with Gasteiger partial charge in [0.2, 0.25) is 5.91 Å². The van der Waals surface area contributed by atoms with E-state index in [2.05, 4.69) is 24.5 Å². The van der Waals surface area contributed by atoms with Crippen molar-refractivity contribution in [2.75, 3.05) is 6.54 Å². The summed E-state index contributed by atoms with van der Waals surface area (Å²) in [6.07, 6.45) is 8.34. The molecule has 0 aromatic rings. The van der Waals surface area contributed by atoms with Gasteiger partial charge in [-0.2, -0.15) is 0 Å². The van der Waals surface area contributed by atoms with Gasteiger partial charge in [-0.1, -0.05) is 32.4 Å². The number of aliphatic hydroxyl groups excluding tert-OH is 2. The molecule has 38 heavy (non-hydrogen) atoms. The number of fused-ring (bicyclic) bond motifs is 7. The number of nitrogens with one attached hydrogen (secondary N) is 2. The van der Waals surface area contributed by atoms with Crippen LogP contribution in [0, 0.1) is 41.4 Å². The van der Waals surface area contributed by atoms with Crippen LogP contribution in [0.4, 0.5) is 0 Å². The maximum absolute atomic E-state index is 13.6. The fourth-order valence-corrected chi connectivity index (χ4v) is 8.22. The highest BCUT2D eigenvalue weighted by Gasteiger charge is 2.66. The fraction of sp³-hybridized carbons (Fsp3) is 0.655. The van der Waals surface area contributed by atoms with E-state index in [-0.39, 0.29) is 60.7 Å². The topological polar surface area (TPSA) is 153 Å². The van der Waals surface area contributed by atoms with Gasteiger partial charge in [0.15, 0.2) is 5.78 Å². The molecule has 5 N–H and O–H groups in total. The lowest BCUT2D eigenvalue weighted by molar-refractivity contribution is -0.145. The van der Waals surface area contributed by atoms with Gasteiger partial charge in [0.25, 0.3) is 5.91 Å². The highest BCUT2D eigenvalue weighted by Crippen LogP contribution is 2.63. The minimum absolute atomic E-state index is 0.00986. The van der Waals surface area contributed by atoms with E-state index in [0.717, 1.165) is 19.3 Å². The summed E-state index contributed by atoms with van der Waals surface area (Å²) in [4.78, 5) is 51.3. The van der Waals surface area contributed by atoms with Gasteiger partial charge in [0.1, 0.15) is 23.2 Å². The zero-order valence-corrected chi connectivity index (χ0v) is 21.9. The third-order valence-corrected chi connectivity index (χ3v) is 10.2. The normalized spacial score (nSPS) is 45.2. The van der Waals surface area contributed by atoms with Gasteiger partial charge in [0.05, 0.1) is 17.6 Å². The fourth-order valence-electron chi connectivity index (χ4n) is 8.22. The highest BCUT2D eigenvalue weighted by atomic mass is 16.3. The summed E-state index contributed by atoms with van der Waals surface area (Å²) < 4.78 is 0. The van der Waals surface area contributed by atoms with Crippen molar-refractivity contribution in [2.24, 2.45) is 41.4 Å². The largest absolute Gasteiger partial charge is 0.507 e. The van der Waals surface area contributed by atoms with Crippen molar-refractivity contribution < 1.29 is 34.5 Å². The summed E-state index contributed by atoms with van der Waals surface area (Å²) in [7, 11) is 0. The lowest BCUT2D eigenvalue weighted by Gasteiger charge is -2.44. The van der Waals surface area contributed by atoms with Crippen LogP contribution >= 0.6 is 0 Å². The van der Waals surface area contributed by atoms with Crippen LogP contribution in [0.5, 0.6) is 0 Å². The van der Waals surface area contributed by atoms with E-state index in [1.807, 2.05) is 0 Å². The van der Waals surface area contributed by atoms with Crippen molar-refractivity contribution in [1.82, 2.24) is 10.6 Å². The van der Waals surface area contributed by atoms with Crippen LogP contribution in [0.3, 0.4) is 0 Å². The standard InChI is InChI=1S/C29H38N2O7/c1-3-15-11-17-13-19-18-5-4-6-23(35)30-10-9-21(33)26-27(36)24(28(37)31-26)20(32)8-7-16(18)12-22(34)25(19)29(17,38)14(15)2/h4,6-8,14-19,21,25-26,32-33,38H,3,5,9-13H2,1-2H3,(H,30,35)(H,31,37)/b6-4-,8-7+,24-20?/t14-,15-,16+,17+,18-,19+,21-,25-,26-,29-/m0/s1. The van der Waals surface area contributed by atoms with Crippen molar-refractivity contribution in [3.05, 3.63) is 35.6 Å². The number of hydrogen-bond acceptors (Lipinski definition) is 7. The molecule has 1 saturated heterocycles. The number of hydrogen-bond donors (Lipinski definition) is 5. The summed E-state index contributed by atoms with van der Waals surface area (Å²) in [6, 6.07) is -1.20. The van der Waals surface area contributed by atoms with Gasteiger partial charge < -0.3 is 26.0 Å². The molecule has 5 rings (SSSR count). The predicted molar refractivity (Wildman–Crippen MR) is 137 cm³/mol. The van der Waals surface area contributed by atoms with Crippen molar-refractivity contribution in [3.8, 4) is 0 Å². The Morgan fingerprint density at radius 3 is 2.61 bits per heavy atom. The number of aliphatic hydroxyl groups is 3. The van der Waals surface area contributed by atoms with E-state index in [4.69, 9.17) is 0 Å². The lowest BCUT2D eigenvalue weighted by atomic mass is 9.61. The molecule has 3 saturated carbocycles. The van der Waals surface area contributed by atoms with Gasteiger partial charge in [-0.15, -0.1) is 0 Å². The van der Waals surface area contributed by atoms with Crippen molar-refractivity contribution in [3.63, 3.8) is 0 Å². The van der Waals surface area contributed by atoms with Crippen molar-refractivity contribution in [1.29, 1.82) is 0 Å². The molecule has 0 unspecified atom stereocenters. The van der Waals surface area contributed by atoms with E-state index in [0.29, 0.717) is 12.3 Å². The Labute approximate surface area is 222 Å². The molecule has 206 valence electrons. The highest BCUT2D eigenvalue weighted by molar-refractivity contribution is 6.27. The Hall–Kier alpha value is -2.78. The first-order valence-corrected chi connectivity index (χ1v) is 13.9. The Morgan fingerprint density at radius 1 is 1.11 bits per heavy atom. The number of Topliss-reactive ketones (excluding diaryl/α,β-unsaturated/α-hetero) is 2. The van der Waals surface area contributed by atoms with Gasteiger partial charge >= 0.3 is 0 Å². The predicted octanol–water partition coefficient (Wildman–Crippen LogP) is 1.50. The molecule has 5 aliphatic rings. The SMILES string of the molecule is CC[C@H]1C[C@@H]2C[C@@H]3[C@H]4C/C=C\C(=O)NCC[C@H](O)[C@@H]5NC(=O)C(=C(O)/C=C/[C@@H]4CC(=O)[C@H]3[C@]2(O)[C@H]1C)C5=O. The third kappa shape index (κ3) is 4.24. The van der Waals surface area contributed by atoms with Crippen LogP contribution in [-0.2, 0) is 19.2 Å². The monoisotopic (exact) mass is 526 g/mol. The molecule has 10 atom stereocenters. The molecule has 2 amide bonds. The maximum Gasteiger partial charge on any atom is 0.259 e. The number of amides is 2. The summed E-state index contributed by atoms with van der Waals surface area (Å²) in [5.74, 6) is -2.71. The second-order valence-electron chi connectivity index (χ2n) is 11.9. The molecule has 9 heteroatoms. The number of rotatable bonds is 1. The molecule has 9 nitrogen and oxygen atoms in total. The number of allylic oxidation sites excluding steroid dienone is 3. The second-order valence-corrected chi connectivity index (χ2v) is 11.9. The average molecular weight is 527 g/mol. The van der Waals surface area contributed by atoms with E-state index in [9.17, 15) is 34.5 Å². The van der Waals surface area contributed by atoms with Crippen LogP contribution < -0.4 is 10.6 Å². The molecule has 4 fully saturated rings. The minimum Gasteiger partial charge on any atom is -0.507 e. The molecule has 0 spiro atoms. The van der Waals surface area contributed by atoms with Crippen LogP contribution in [0.1, 0.15) is 52.4 Å². The lowest BCUT2D eigenvalue weighted by Crippen LogP contribution is -2.51. The number of ketones is 2.